The molecule has 1 aromatic rings. The van der Waals surface area contributed by atoms with Crippen LogP contribution in [-0.2, 0) is 4.74 Å². The zero-order chi connectivity index (χ0) is 13.5. The fourth-order valence-corrected chi connectivity index (χ4v) is 2.23. The van der Waals surface area contributed by atoms with Gasteiger partial charge in [-0.15, -0.1) is 0 Å². The van der Waals surface area contributed by atoms with E-state index < -0.39 is 0 Å². The number of nitrogens with zero attached hydrogens (tertiary/aromatic N) is 1. The second kappa shape index (κ2) is 7.26. The third kappa shape index (κ3) is 4.22. The molecule has 0 radical (unpaired) electrons. The van der Waals surface area contributed by atoms with E-state index >= 15 is 0 Å². The van der Waals surface area contributed by atoms with Crippen molar-refractivity contribution in [1.29, 1.82) is 0 Å². The molecule has 0 aromatic carbocycles. The predicted octanol–water partition coefficient (Wildman–Crippen LogP) is 2.73. The van der Waals surface area contributed by atoms with E-state index in [0.29, 0.717) is 17.3 Å². The fourth-order valence-electron chi connectivity index (χ4n) is 1.56. The number of rotatable bonds is 6. The van der Waals surface area contributed by atoms with E-state index in [1.165, 1.54) is 7.11 Å². The maximum absolute atomic E-state index is 11.4. The second-order valence-electron chi connectivity index (χ2n) is 4.03. The Kier molecular flexibility index (Phi) is 5.98. The van der Waals surface area contributed by atoms with E-state index in [0.717, 1.165) is 17.3 Å². The summed E-state index contributed by atoms with van der Waals surface area (Å²) < 4.78 is 4.69. The van der Waals surface area contributed by atoms with Crippen molar-refractivity contribution in [3.8, 4) is 0 Å². The number of aryl methyl sites for hydroxylation is 1. The van der Waals surface area contributed by atoms with E-state index in [2.05, 4.69) is 28.9 Å². The standard InChI is InChI=1S/C13H20N2O2S/c1-5-18-8-9(2)14-12-7-6-11(10(3)15-12)13(16)17-4/h6-7,9H,5,8H2,1-4H3,(H,14,15). The Labute approximate surface area is 113 Å². The molecule has 4 nitrogen and oxygen atoms in total. The van der Waals surface area contributed by atoms with Crippen LogP contribution in [0.5, 0.6) is 0 Å². The first-order valence-electron chi connectivity index (χ1n) is 5.98. The molecule has 1 atom stereocenters. The number of thioether (sulfide) groups is 1. The molecule has 0 spiro atoms. The summed E-state index contributed by atoms with van der Waals surface area (Å²) in [4.78, 5) is 15.8. The summed E-state index contributed by atoms with van der Waals surface area (Å²) in [5.74, 6) is 2.60. The van der Waals surface area contributed by atoms with Crippen molar-refractivity contribution < 1.29 is 9.53 Å². The number of aromatic nitrogens is 1. The number of anilines is 1. The highest BCUT2D eigenvalue weighted by atomic mass is 32.2. The van der Waals surface area contributed by atoms with Gasteiger partial charge in [0, 0.05) is 11.8 Å². The van der Waals surface area contributed by atoms with E-state index in [1.54, 1.807) is 6.07 Å². The molecule has 5 heteroatoms. The lowest BCUT2D eigenvalue weighted by molar-refractivity contribution is 0.0599. The van der Waals surface area contributed by atoms with Crippen LogP contribution in [-0.4, -0.2) is 35.6 Å². The molecular formula is C13H20N2O2S. The van der Waals surface area contributed by atoms with Gasteiger partial charge in [-0.3, -0.25) is 0 Å². The number of hydrogen-bond acceptors (Lipinski definition) is 5. The van der Waals surface area contributed by atoms with Crippen molar-refractivity contribution in [3.63, 3.8) is 0 Å². The fraction of sp³-hybridized carbons (Fsp3) is 0.538. The Hall–Kier alpha value is -1.23. The molecular weight excluding hydrogens is 248 g/mol. The molecule has 1 aromatic heterocycles. The average molecular weight is 268 g/mol. The molecule has 1 heterocycles. The van der Waals surface area contributed by atoms with Crippen LogP contribution in [0, 0.1) is 6.92 Å². The van der Waals surface area contributed by atoms with E-state index in [9.17, 15) is 4.79 Å². The van der Waals surface area contributed by atoms with Gasteiger partial charge in [-0.05, 0) is 31.7 Å². The van der Waals surface area contributed by atoms with E-state index in [-0.39, 0.29) is 5.97 Å². The van der Waals surface area contributed by atoms with Gasteiger partial charge in [0.05, 0.1) is 18.4 Å². The van der Waals surface area contributed by atoms with Gasteiger partial charge in [0.2, 0.25) is 0 Å². The monoisotopic (exact) mass is 268 g/mol. The first-order chi connectivity index (χ1) is 8.58. The summed E-state index contributed by atoms with van der Waals surface area (Å²) in [6.45, 7) is 6.07. The number of pyridine rings is 1. The number of esters is 1. The molecule has 0 saturated heterocycles. The van der Waals surface area contributed by atoms with Gasteiger partial charge in [0.1, 0.15) is 5.82 Å². The van der Waals surface area contributed by atoms with Crippen molar-refractivity contribution in [3.05, 3.63) is 23.4 Å². The minimum Gasteiger partial charge on any atom is -0.465 e. The molecule has 1 N–H and O–H groups in total. The highest BCUT2D eigenvalue weighted by Gasteiger charge is 2.11. The van der Waals surface area contributed by atoms with Gasteiger partial charge in [-0.1, -0.05) is 6.92 Å². The number of carbonyl (C=O) groups is 1. The second-order valence-corrected chi connectivity index (χ2v) is 5.34. The summed E-state index contributed by atoms with van der Waals surface area (Å²) in [5.41, 5.74) is 1.20. The van der Waals surface area contributed by atoms with Gasteiger partial charge in [-0.25, -0.2) is 9.78 Å². The van der Waals surface area contributed by atoms with Crippen LogP contribution in [0.15, 0.2) is 12.1 Å². The summed E-state index contributed by atoms with van der Waals surface area (Å²) in [7, 11) is 1.37. The van der Waals surface area contributed by atoms with Crippen LogP contribution in [0.1, 0.15) is 29.9 Å². The number of nitrogens with one attached hydrogen (secondary N) is 1. The Morgan fingerprint density at radius 2 is 2.28 bits per heavy atom. The Balaban J connectivity index is 2.69. The molecule has 0 aliphatic carbocycles. The highest BCUT2D eigenvalue weighted by Crippen LogP contribution is 2.13. The number of methoxy groups -OCH3 is 1. The molecule has 1 unspecified atom stereocenters. The quantitative estimate of drug-likeness (QED) is 0.804. The zero-order valence-electron chi connectivity index (χ0n) is 11.3. The topological polar surface area (TPSA) is 51.2 Å². The zero-order valence-corrected chi connectivity index (χ0v) is 12.1. The molecule has 0 saturated carbocycles. The first-order valence-corrected chi connectivity index (χ1v) is 7.14. The molecule has 18 heavy (non-hydrogen) atoms. The summed E-state index contributed by atoms with van der Waals surface area (Å²) in [6, 6.07) is 3.91. The maximum atomic E-state index is 11.4. The smallest absolute Gasteiger partial charge is 0.339 e. The van der Waals surface area contributed by atoms with Crippen molar-refractivity contribution in [2.75, 3.05) is 23.9 Å². The third-order valence-corrected chi connectivity index (χ3v) is 3.60. The number of carbonyl (C=O) groups excluding carboxylic acids is 1. The van der Waals surface area contributed by atoms with Crippen LogP contribution in [0.2, 0.25) is 0 Å². The molecule has 1 rings (SSSR count). The minimum absolute atomic E-state index is 0.346. The van der Waals surface area contributed by atoms with Gasteiger partial charge in [0.15, 0.2) is 0 Å². The van der Waals surface area contributed by atoms with Gasteiger partial charge in [0.25, 0.3) is 0 Å². The average Bonchev–Trinajstić information content (AvgIpc) is 2.35. The number of hydrogen-bond donors (Lipinski definition) is 1. The molecule has 100 valence electrons. The number of ether oxygens (including phenoxy) is 1. The Morgan fingerprint density at radius 3 is 2.83 bits per heavy atom. The van der Waals surface area contributed by atoms with E-state index in [4.69, 9.17) is 0 Å². The lowest BCUT2D eigenvalue weighted by Crippen LogP contribution is -2.19. The van der Waals surface area contributed by atoms with Crippen molar-refractivity contribution >= 4 is 23.5 Å². The molecule has 0 bridgehead atoms. The van der Waals surface area contributed by atoms with Crippen LogP contribution in [0.3, 0.4) is 0 Å². The van der Waals surface area contributed by atoms with Gasteiger partial charge in [-0.2, -0.15) is 11.8 Å². The summed E-state index contributed by atoms with van der Waals surface area (Å²) in [6.07, 6.45) is 0. The van der Waals surface area contributed by atoms with Crippen LogP contribution in [0.4, 0.5) is 5.82 Å². The highest BCUT2D eigenvalue weighted by molar-refractivity contribution is 7.99. The lowest BCUT2D eigenvalue weighted by Gasteiger charge is -2.14. The normalized spacial score (nSPS) is 12.0. The summed E-state index contributed by atoms with van der Waals surface area (Å²) in [5, 5.41) is 3.32. The van der Waals surface area contributed by atoms with Crippen molar-refractivity contribution in [1.82, 2.24) is 4.98 Å². The SMILES string of the molecule is CCSCC(C)Nc1ccc(C(=O)OC)c(C)n1. The Bertz CT molecular complexity index is 410. The minimum atomic E-state index is -0.346. The molecule has 0 aliphatic heterocycles. The van der Waals surface area contributed by atoms with Crippen molar-refractivity contribution in [2.45, 2.75) is 26.8 Å². The van der Waals surface area contributed by atoms with Crippen LogP contribution in [0.25, 0.3) is 0 Å². The van der Waals surface area contributed by atoms with Crippen LogP contribution >= 0.6 is 11.8 Å². The molecule has 0 amide bonds. The Morgan fingerprint density at radius 1 is 1.56 bits per heavy atom. The molecule has 0 fully saturated rings. The van der Waals surface area contributed by atoms with Gasteiger partial charge >= 0.3 is 5.97 Å². The van der Waals surface area contributed by atoms with Crippen molar-refractivity contribution in [2.24, 2.45) is 0 Å². The third-order valence-electron chi connectivity index (χ3n) is 2.46. The lowest BCUT2D eigenvalue weighted by atomic mass is 10.2. The largest absolute Gasteiger partial charge is 0.465 e. The van der Waals surface area contributed by atoms with Crippen LogP contribution < -0.4 is 5.32 Å². The predicted molar refractivity (Wildman–Crippen MR) is 76.4 cm³/mol. The first kappa shape index (κ1) is 14.8. The molecule has 0 aliphatic rings. The maximum Gasteiger partial charge on any atom is 0.339 e. The summed E-state index contributed by atoms with van der Waals surface area (Å²) >= 11 is 1.89. The van der Waals surface area contributed by atoms with Gasteiger partial charge < -0.3 is 10.1 Å². The van der Waals surface area contributed by atoms with E-state index in [1.807, 2.05) is 24.8 Å².